The highest BCUT2D eigenvalue weighted by molar-refractivity contribution is 5.78. The van der Waals surface area contributed by atoms with Crippen molar-refractivity contribution in [2.24, 2.45) is 0 Å². The molecule has 1 aromatic rings. The first-order valence-corrected chi connectivity index (χ1v) is 11.4. The number of benzene rings is 1. The number of piperidine rings is 1. The van der Waals surface area contributed by atoms with Gasteiger partial charge < -0.3 is 19.8 Å². The van der Waals surface area contributed by atoms with Gasteiger partial charge in [0.1, 0.15) is 0 Å². The average molecular weight is 409 g/mol. The van der Waals surface area contributed by atoms with Crippen LogP contribution in [0, 0.1) is 11.3 Å². The van der Waals surface area contributed by atoms with E-state index in [0.29, 0.717) is 18.5 Å². The van der Waals surface area contributed by atoms with Crippen molar-refractivity contribution in [3.63, 3.8) is 0 Å². The van der Waals surface area contributed by atoms with Gasteiger partial charge in [0, 0.05) is 31.1 Å². The molecule has 30 heavy (non-hydrogen) atoms. The molecule has 160 valence electrons. The molecule has 4 atom stereocenters. The molecule has 1 saturated carbocycles. The maximum atomic E-state index is 13.1. The number of rotatable bonds is 2. The number of fused-ring (bicyclic) bond motifs is 1. The highest BCUT2D eigenvalue weighted by Gasteiger charge is 2.68. The van der Waals surface area contributed by atoms with E-state index in [2.05, 4.69) is 35.9 Å². The number of hydrogen-bond acceptors (Lipinski definition) is 4. The van der Waals surface area contributed by atoms with E-state index in [-0.39, 0.29) is 17.6 Å². The Morgan fingerprint density at radius 1 is 1.23 bits per heavy atom. The molecule has 6 heteroatoms. The van der Waals surface area contributed by atoms with Crippen LogP contribution in [0.4, 0.5) is 4.79 Å². The molecule has 2 aliphatic carbocycles. The molecule has 1 aromatic carbocycles. The second-order valence-corrected chi connectivity index (χ2v) is 9.88. The molecule has 4 aliphatic rings. The fourth-order valence-electron chi connectivity index (χ4n) is 7.37. The van der Waals surface area contributed by atoms with Crippen molar-refractivity contribution in [2.45, 2.75) is 68.5 Å². The van der Waals surface area contributed by atoms with Gasteiger partial charge in [0.25, 0.3) is 0 Å². The third kappa shape index (κ3) is 2.28. The molecule has 5 rings (SSSR count). The highest BCUT2D eigenvalue weighted by atomic mass is 16.3. The van der Waals surface area contributed by atoms with E-state index in [1.807, 2.05) is 24.0 Å². The predicted molar refractivity (Wildman–Crippen MR) is 114 cm³/mol. The summed E-state index contributed by atoms with van der Waals surface area (Å²) in [6.45, 7) is 7.19. The maximum Gasteiger partial charge on any atom is 0.320 e. The lowest BCUT2D eigenvalue weighted by Crippen LogP contribution is -2.75. The lowest BCUT2D eigenvalue weighted by atomic mass is 9.46. The number of nitriles is 1. The van der Waals surface area contributed by atoms with Gasteiger partial charge in [0.2, 0.25) is 0 Å². The minimum absolute atomic E-state index is 0.0819. The maximum absolute atomic E-state index is 13.1. The van der Waals surface area contributed by atoms with Gasteiger partial charge in [-0.2, -0.15) is 5.26 Å². The average Bonchev–Trinajstić information content (AvgIpc) is 3.01. The largest absolute Gasteiger partial charge is 0.387 e. The van der Waals surface area contributed by atoms with Crippen molar-refractivity contribution >= 4 is 6.03 Å². The van der Waals surface area contributed by atoms with Crippen LogP contribution >= 0.6 is 0 Å². The second kappa shape index (κ2) is 6.45. The van der Waals surface area contributed by atoms with Crippen LogP contribution in [0.15, 0.2) is 18.2 Å². The number of nitrogens with zero attached hydrogens (tertiary/aromatic N) is 4. The number of carbonyl (C=O) groups excluding carboxylic acids is 1. The molecule has 2 bridgehead atoms. The number of amides is 2. The zero-order valence-electron chi connectivity index (χ0n) is 18.3. The minimum Gasteiger partial charge on any atom is -0.387 e. The Hall–Kier alpha value is -2.10. The Morgan fingerprint density at radius 3 is 2.73 bits per heavy atom. The Labute approximate surface area is 179 Å². The molecule has 1 spiro atoms. The topological polar surface area (TPSA) is 70.8 Å². The summed E-state index contributed by atoms with van der Waals surface area (Å²) < 4.78 is 0. The number of hydrogen-bond donors (Lipinski definition) is 1. The molecule has 1 N–H and O–H groups in total. The summed E-state index contributed by atoms with van der Waals surface area (Å²) in [7, 11) is 2.13. The molecular weight excluding hydrogens is 376 g/mol. The first-order valence-electron chi connectivity index (χ1n) is 11.4. The first kappa shape index (κ1) is 19.8. The molecule has 2 aliphatic heterocycles. The van der Waals surface area contributed by atoms with Crippen molar-refractivity contribution < 1.29 is 9.90 Å². The van der Waals surface area contributed by atoms with Crippen molar-refractivity contribution in [3.05, 3.63) is 34.9 Å². The van der Waals surface area contributed by atoms with Crippen molar-refractivity contribution in [1.29, 1.82) is 5.26 Å². The van der Waals surface area contributed by atoms with Gasteiger partial charge in [-0.3, -0.25) is 0 Å². The summed E-state index contributed by atoms with van der Waals surface area (Å²) in [5.74, 6) is 0. The predicted octanol–water partition coefficient (Wildman–Crippen LogP) is 2.49. The molecule has 0 radical (unpaired) electrons. The molecule has 2 heterocycles. The van der Waals surface area contributed by atoms with Gasteiger partial charge in [0.05, 0.1) is 22.8 Å². The van der Waals surface area contributed by atoms with E-state index < -0.39 is 11.0 Å². The summed E-state index contributed by atoms with van der Waals surface area (Å²) in [6, 6.07) is 8.55. The van der Waals surface area contributed by atoms with Crippen LogP contribution < -0.4 is 0 Å². The van der Waals surface area contributed by atoms with Crippen molar-refractivity contribution in [3.8, 4) is 6.07 Å². The van der Waals surface area contributed by atoms with E-state index in [1.54, 1.807) is 0 Å². The summed E-state index contributed by atoms with van der Waals surface area (Å²) in [5, 5.41) is 21.9. The van der Waals surface area contributed by atoms with Crippen LogP contribution in [0.1, 0.15) is 56.2 Å². The van der Waals surface area contributed by atoms with Gasteiger partial charge in [-0.1, -0.05) is 6.07 Å². The second-order valence-electron chi connectivity index (χ2n) is 9.88. The van der Waals surface area contributed by atoms with E-state index in [1.165, 1.54) is 5.56 Å². The van der Waals surface area contributed by atoms with Gasteiger partial charge in [-0.05, 0) is 82.8 Å². The van der Waals surface area contributed by atoms with Crippen LogP contribution in [0.25, 0.3) is 0 Å². The SMILES string of the molecule is CCN1CC2(CCC3(O)C4Cc5ccc(C#N)cc5C3(CCN4C)C2)N(CC)C1=O. The zero-order valence-corrected chi connectivity index (χ0v) is 18.3. The Balaban J connectivity index is 1.69. The van der Waals surface area contributed by atoms with Gasteiger partial charge in [0.15, 0.2) is 0 Å². The highest BCUT2D eigenvalue weighted by Crippen LogP contribution is 2.61. The van der Waals surface area contributed by atoms with Crippen LogP contribution in [0.3, 0.4) is 0 Å². The van der Waals surface area contributed by atoms with Crippen LogP contribution in [0.5, 0.6) is 0 Å². The molecular formula is C24H32N4O2. The fraction of sp³-hybridized carbons (Fsp3) is 0.667. The van der Waals surface area contributed by atoms with E-state index in [9.17, 15) is 15.2 Å². The molecule has 3 fully saturated rings. The molecule has 0 aromatic heterocycles. The normalized spacial score (nSPS) is 37.8. The lowest BCUT2D eigenvalue weighted by molar-refractivity contribution is -0.180. The first-order chi connectivity index (χ1) is 14.3. The summed E-state index contributed by atoms with van der Waals surface area (Å²) >= 11 is 0. The Kier molecular flexibility index (Phi) is 4.26. The summed E-state index contributed by atoms with van der Waals surface area (Å²) in [4.78, 5) is 19.4. The quantitative estimate of drug-likeness (QED) is 0.816. The Morgan fingerprint density at radius 2 is 2.03 bits per heavy atom. The summed E-state index contributed by atoms with van der Waals surface area (Å²) in [6.07, 6.45) is 3.98. The molecule has 6 nitrogen and oxygen atoms in total. The number of likely N-dealkylation sites (N-methyl/N-ethyl adjacent to an activating group) is 3. The van der Waals surface area contributed by atoms with Gasteiger partial charge in [-0.25, -0.2) is 4.79 Å². The number of carbonyl (C=O) groups is 1. The molecule has 4 unspecified atom stereocenters. The van der Waals surface area contributed by atoms with Crippen molar-refractivity contribution in [1.82, 2.24) is 14.7 Å². The standard InChI is InChI=1S/C24H32N4O2/c1-4-27-16-22(28(5-2)21(27)29)8-9-24(30)20-13-18-7-6-17(14-25)12-19(18)23(24,15-22)10-11-26(20)3/h6-7,12,20,30H,4-5,8-11,13,15-16H2,1-3H3. The third-order valence-corrected chi connectivity index (χ3v) is 8.83. The van der Waals surface area contributed by atoms with E-state index >= 15 is 0 Å². The van der Waals surface area contributed by atoms with Crippen LogP contribution in [-0.2, 0) is 11.8 Å². The minimum atomic E-state index is -0.825. The van der Waals surface area contributed by atoms with Crippen LogP contribution in [0.2, 0.25) is 0 Å². The zero-order chi connectivity index (χ0) is 21.3. The summed E-state index contributed by atoms with van der Waals surface area (Å²) in [5.41, 5.74) is 1.59. The van der Waals surface area contributed by atoms with Crippen LogP contribution in [-0.4, -0.2) is 76.2 Å². The lowest BCUT2D eigenvalue weighted by Gasteiger charge is -2.66. The van der Waals surface area contributed by atoms with E-state index in [0.717, 1.165) is 50.9 Å². The number of aliphatic hydroxyl groups is 1. The Bertz CT molecular complexity index is 942. The molecule has 2 saturated heterocycles. The number of urea groups is 1. The van der Waals surface area contributed by atoms with Crippen molar-refractivity contribution in [2.75, 3.05) is 33.2 Å². The third-order valence-electron chi connectivity index (χ3n) is 8.83. The number of likely N-dealkylation sites (tertiary alicyclic amines) is 1. The van der Waals surface area contributed by atoms with E-state index in [4.69, 9.17) is 0 Å². The monoisotopic (exact) mass is 408 g/mol. The smallest absolute Gasteiger partial charge is 0.320 e. The fourth-order valence-corrected chi connectivity index (χ4v) is 7.37. The molecule has 2 amide bonds. The van der Waals surface area contributed by atoms with Gasteiger partial charge in [-0.15, -0.1) is 0 Å². The van der Waals surface area contributed by atoms with Gasteiger partial charge >= 0.3 is 6.03 Å².